The van der Waals surface area contributed by atoms with Crippen LogP contribution >= 0.6 is 11.8 Å². The lowest BCUT2D eigenvalue weighted by Gasteiger charge is -2.24. The zero-order valence-electron chi connectivity index (χ0n) is 16.5. The summed E-state index contributed by atoms with van der Waals surface area (Å²) in [5.41, 5.74) is 3.87. The average Bonchev–Trinajstić information content (AvgIpc) is 3.22. The molecule has 4 aromatic rings. The van der Waals surface area contributed by atoms with Crippen LogP contribution in [0.15, 0.2) is 66.0 Å². The molecule has 0 N–H and O–H groups in total. The van der Waals surface area contributed by atoms with Crippen molar-refractivity contribution in [3.63, 3.8) is 0 Å². The molecule has 1 aliphatic carbocycles. The number of nitrogens with zero attached hydrogens (tertiary/aromatic N) is 4. The number of ketones is 1. The first-order chi connectivity index (χ1) is 14.7. The molecule has 2 aromatic carbocycles. The zero-order valence-corrected chi connectivity index (χ0v) is 17.3. The molecule has 0 amide bonds. The van der Waals surface area contributed by atoms with Crippen molar-refractivity contribution in [2.75, 3.05) is 7.11 Å². The minimum atomic E-state index is 0.0976. The van der Waals surface area contributed by atoms with Crippen LogP contribution < -0.4 is 4.74 Å². The van der Waals surface area contributed by atoms with E-state index in [1.807, 2.05) is 42.5 Å². The molecular formula is C23H20N4O2S. The van der Waals surface area contributed by atoms with Gasteiger partial charge in [-0.25, -0.2) is 4.98 Å². The van der Waals surface area contributed by atoms with Gasteiger partial charge in [-0.15, -0.1) is 5.10 Å². The predicted octanol–water partition coefficient (Wildman–Crippen LogP) is 4.34. The normalized spacial score (nSPS) is 15.9. The van der Waals surface area contributed by atoms with E-state index in [1.165, 1.54) is 5.56 Å². The average molecular weight is 417 g/mol. The van der Waals surface area contributed by atoms with Crippen LogP contribution in [0.5, 0.6) is 5.75 Å². The summed E-state index contributed by atoms with van der Waals surface area (Å²) in [6.45, 7) is 0. The standard InChI is InChI=1S/C23H20N4O2S/c1-29-18-9-7-16(8-10-18)17-11-20-19(21(28)12-17)13-24-22-25-23(26-27(20)22)30-14-15-5-3-2-4-6-15/h2-10,13,17H,11-12,14H2,1H3. The van der Waals surface area contributed by atoms with Crippen molar-refractivity contribution in [2.24, 2.45) is 0 Å². The van der Waals surface area contributed by atoms with Crippen LogP contribution in [0.2, 0.25) is 0 Å². The van der Waals surface area contributed by atoms with Gasteiger partial charge < -0.3 is 4.74 Å². The number of benzene rings is 2. The molecule has 0 spiro atoms. The van der Waals surface area contributed by atoms with Crippen molar-refractivity contribution in [1.29, 1.82) is 0 Å². The summed E-state index contributed by atoms with van der Waals surface area (Å²) in [5.74, 6) is 2.33. The van der Waals surface area contributed by atoms with Crippen molar-refractivity contribution >= 4 is 23.3 Å². The van der Waals surface area contributed by atoms with E-state index < -0.39 is 0 Å². The molecule has 2 heterocycles. The van der Waals surface area contributed by atoms with Crippen LogP contribution in [0.4, 0.5) is 0 Å². The number of carbonyl (C=O) groups excluding carboxylic acids is 1. The van der Waals surface area contributed by atoms with Crippen LogP contribution in [0.3, 0.4) is 0 Å². The molecule has 6 nitrogen and oxygen atoms in total. The van der Waals surface area contributed by atoms with Crippen LogP contribution in [0.25, 0.3) is 5.78 Å². The van der Waals surface area contributed by atoms with Crippen LogP contribution in [-0.4, -0.2) is 32.5 Å². The van der Waals surface area contributed by atoms with E-state index in [4.69, 9.17) is 4.74 Å². The van der Waals surface area contributed by atoms with Crippen LogP contribution in [-0.2, 0) is 12.2 Å². The van der Waals surface area contributed by atoms with Gasteiger partial charge in [0.2, 0.25) is 5.16 Å². The Kier molecular flexibility index (Phi) is 4.96. The molecule has 150 valence electrons. The second-order valence-electron chi connectivity index (χ2n) is 7.30. The second-order valence-corrected chi connectivity index (χ2v) is 8.24. The monoisotopic (exact) mass is 416 g/mol. The molecule has 0 saturated carbocycles. The molecule has 30 heavy (non-hydrogen) atoms. The number of rotatable bonds is 5. The van der Waals surface area contributed by atoms with E-state index in [0.717, 1.165) is 29.2 Å². The Morgan fingerprint density at radius 2 is 1.90 bits per heavy atom. The van der Waals surface area contributed by atoms with Crippen molar-refractivity contribution in [1.82, 2.24) is 19.6 Å². The quantitative estimate of drug-likeness (QED) is 0.451. The lowest BCUT2D eigenvalue weighted by Crippen LogP contribution is -2.22. The second kappa shape index (κ2) is 7.91. The van der Waals surface area contributed by atoms with E-state index in [2.05, 4.69) is 27.2 Å². The van der Waals surface area contributed by atoms with Crippen LogP contribution in [0, 0.1) is 0 Å². The fourth-order valence-corrected chi connectivity index (χ4v) is 4.60. The van der Waals surface area contributed by atoms with Gasteiger partial charge >= 0.3 is 0 Å². The minimum absolute atomic E-state index is 0.0976. The third kappa shape index (κ3) is 3.57. The Morgan fingerprint density at radius 1 is 1.10 bits per heavy atom. The fraction of sp³-hybridized carbons (Fsp3) is 0.217. The highest BCUT2D eigenvalue weighted by atomic mass is 32.2. The molecule has 0 bridgehead atoms. The number of hydrogen-bond donors (Lipinski definition) is 0. The van der Waals surface area contributed by atoms with E-state index in [1.54, 1.807) is 29.6 Å². The molecule has 0 radical (unpaired) electrons. The first-order valence-electron chi connectivity index (χ1n) is 9.80. The van der Waals surface area contributed by atoms with Gasteiger partial charge in [0.05, 0.1) is 18.4 Å². The summed E-state index contributed by atoms with van der Waals surface area (Å²) in [6.07, 6.45) is 2.84. The number of Topliss-reactive ketones (excluding diaryl/α,β-unsaturated/α-hetero) is 1. The molecule has 7 heteroatoms. The van der Waals surface area contributed by atoms with Crippen molar-refractivity contribution in [3.8, 4) is 5.75 Å². The van der Waals surface area contributed by atoms with Crippen molar-refractivity contribution in [3.05, 3.63) is 83.2 Å². The van der Waals surface area contributed by atoms with E-state index in [0.29, 0.717) is 22.9 Å². The van der Waals surface area contributed by atoms with Gasteiger partial charge in [-0.1, -0.05) is 54.2 Å². The maximum Gasteiger partial charge on any atom is 0.253 e. The number of hydrogen-bond acceptors (Lipinski definition) is 6. The maximum atomic E-state index is 12.8. The largest absolute Gasteiger partial charge is 0.497 e. The molecule has 0 aliphatic heterocycles. The molecule has 0 fully saturated rings. The molecule has 1 atom stereocenters. The van der Waals surface area contributed by atoms with Gasteiger partial charge in [-0.3, -0.25) is 4.79 Å². The Labute approximate surface area is 178 Å². The van der Waals surface area contributed by atoms with Gasteiger partial charge in [0.15, 0.2) is 5.78 Å². The smallest absolute Gasteiger partial charge is 0.253 e. The summed E-state index contributed by atoms with van der Waals surface area (Å²) < 4.78 is 7.00. The number of fused-ring (bicyclic) bond motifs is 3. The first-order valence-corrected chi connectivity index (χ1v) is 10.8. The summed E-state index contributed by atoms with van der Waals surface area (Å²) in [7, 11) is 1.65. The van der Waals surface area contributed by atoms with E-state index >= 15 is 0 Å². The SMILES string of the molecule is COc1ccc(C2CC(=O)c3cnc4nc(SCc5ccccc5)nn4c3C2)cc1. The molecule has 0 saturated heterocycles. The van der Waals surface area contributed by atoms with Crippen molar-refractivity contribution < 1.29 is 9.53 Å². The van der Waals surface area contributed by atoms with Gasteiger partial charge in [0.1, 0.15) is 5.75 Å². The van der Waals surface area contributed by atoms with Gasteiger partial charge in [-0.2, -0.15) is 9.50 Å². The molecule has 5 rings (SSSR count). The minimum Gasteiger partial charge on any atom is -0.497 e. The lowest BCUT2D eigenvalue weighted by atomic mass is 9.82. The molecular weight excluding hydrogens is 396 g/mol. The molecule has 1 aliphatic rings. The zero-order chi connectivity index (χ0) is 20.5. The Hall–Kier alpha value is -3.19. The number of carbonyl (C=O) groups is 1. The highest BCUT2D eigenvalue weighted by molar-refractivity contribution is 7.98. The topological polar surface area (TPSA) is 69.4 Å². The van der Waals surface area contributed by atoms with Gasteiger partial charge in [0, 0.05) is 18.4 Å². The summed E-state index contributed by atoms with van der Waals surface area (Å²) in [4.78, 5) is 21.8. The summed E-state index contributed by atoms with van der Waals surface area (Å²) in [5, 5.41) is 5.33. The first kappa shape index (κ1) is 18.8. The summed E-state index contributed by atoms with van der Waals surface area (Å²) >= 11 is 1.57. The van der Waals surface area contributed by atoms with Gasteiger partial charge in [-0.05, 0) is 35.6 Å². The third-order valence-corrected chi connectivity index (χ3v) is 6.33. The van der Waals surface area contributed by atoms with E-state index in [9.17, 15) is 4.79 Å². The number of thioether (sulfide) groups is 1. The number of aromatic nitrogens is 4. The van der Waals surface area contributed by atoms with Gasteiger partial charge in [0.25, 0.3) is 5.78 Å². The molecule has 1 unspecified atom stereocenters. The number of methoxy groups -OCH3 is 1. The predicted molar refractivity (Wildman–Crippen MR) is 115 cm³/mol. The Balaban J connectivity index is 1.44. The summed E-state index contributed by atoms with van der Waals surface area (Å²) in [6, 6.07) is 18.2. The maximum absolute atomic E-state index is 12.8. The Morgan fingerprint density at radius 3 is 2.67 bits per heavy atom. The Bertz CT molecular complexity index is 1210. The highest BCUT2D eigenvalue weighted by Crippen LogP contribution is 2.33. The lowest BCUT2D eigenvalue weighted by molar-refractivity contribution is 0.0962. The molecule has 2 aromatic heterocycles. The van der Waals surface area contributed by atoms with Crippen LogP contribution in [0.1, 0.15) is 39.5 Å². The highest BCUT2D eigenvalue weighted by Gasteiger charge is 2.29. The fourth-order valence-electron chi connectivity index (χ4n) is 3.82. The van der Waals surface area contributed by atoms with E-state index in [-0.39, 0.29) is 11.7 Å². The number of ether oxygens (including phenoxy) is 1. The third-order valence-electron chi connectivity index (χ3n) is 5.42. The van der Waals surface area contributed by atoms with Crippen molar-refractivity contribution in [2.45, 2.75) is 29.7 Å².